The molecule has 7 nitrogen and oxygen atoms in total. The Morgan fingerprint density at radius 2 is 2.11 bits per heavy atom. The van der Waals surface area contributed by atoms with Gasteiger partial charge in [-0.05, 0) is 50.7 Å². The van der Waals surface area contributed by atoms with Gasteiger partial charge < -0.3 is 10.2 Å². The first kappa shape index (κ1) is 19.1. The van der Waals surface area contributed by atoms with E-state index in [-0.39, 0.29) is 5.69 Å². The van der Waals surface area contributed by atoms with Crippen LogP contribution >= 0.6 is 0 Å². The van der Waals surface area contributed by atoms with Crippen LogP contribution in [0.1, 0.15) is 60.0 Å². The van der Waals surface area contributed by atoms with Crippen molar-refractivity contribution < 1.29 is 15.0 Å². The number of pyridine rings is 1. The molecule has 1 fully saturated rings. The summed E-state index contributed by atoms with van der Waals surface area (Å²) in [6, 6.07) is 5.97. The van der Waals surface area contributed by atoms with Gasteiger partial charge in [-0.1, -0.05) is 13.0 Å². The number of aliphatic hydroxyl groups is 1. The third-order valence-electron chi connectivity index (χ3n) is 6.24. The highest BCUT2D eigenvalue weighted by Crippen LogP contribution is 2.35. The highest BCUT2D eigenvalue weighted by molar-refractivity contribution is 5.87. The molecule has 0 amide bonds. The number of fused-ring (bicyclic) bond motifs is 1. The second-order valence-electron chi connectivity index (χ2n) is 7.98. The summed E-state index contributed by atoms with van der Waals surface area (Å²) in [5, 5.41) is 25.0. The van der Waals surface area contributed by atoms with Crippen LogP contribution in [0.15, 0.2) is 24.4 Å². The van der Waals surface area contributed by atoms with Gasteiger partial charge in [0.05, 0.1) is 5.69 Å². The molecule has 0 aromatic carbocycles. The zero-order valence-electron chi connectivity index (χ0n) is 16.3. The van der Waals surface area contributed by atoms with Crippen LogP contribution in [0, 0.1) is 0 Å². The van der Waals surface area contributed by atoms with Crippen molar-refractivity contribution in [2.75, 3.05) is 13.1 Å². The molecular weight excluding hydrogens is 356 g/mol. The number of carboxylic acid groups (broad SMARTS) is 1. The Kier molecular flexibility index (Phi) is 5.21. The average molecular weight is 384 g/mol. The van der Waals surface area contributed by atoms with Crippen LogP contribution in [0.25, 0.3) is 0 Å². The molecule has 0 radical (unpaired) electrons. The lowest BCUT2D eigenvalue weighted by Gasteiger charge is -2.42. The first-order valence-electron chi connectivity index (χ1n) is 10.2. The second kappa shape index (κ2) is 7.64. The fourth-order valence-electron chi connectivity index (χ4n) is 4.70. The summed E-state index contributed by atoms with van der Waals surface area (Å²) in [5.74, 6) is -0.935. The van der Waals surface area contributed by atoms with E-state index in [1.165, 1.54) is 0 Å². The van der Waals surface area contributed by atoms with E-state index in [2.05, 4.69) is 21.9 Å². The van der Waals surface area contributed by atoms with Crippen molar-refractivity contribution in [3.8, 4) is 0 Å². The second-order valence-corrected chi connectivity index (χ2v) is 7.98. The van der Waals surface area contributed by atoms with Crippen molar-refractivity contribution in [2.45, 2.75) is 63.6 Å². The smallest absolute Gasteiger partial charge is 0.356 e. The Morgan fingerprint density at radius 1 is 1.32 bits per heavy atom. The van der Waals surface area contributed by atoms with Gasteiger partial charge in [-0.25, -0.2) is 4.79 Å². The lowest BCUT2D eigenvalue weighted by atomic mass is 9.84. The number of carbonyl (C=O) groups is 1. The Bertz CT molecular complexity index is 841. The summed E-state index contributed by atoms with van der Waals surface area (Å²) in [5.41, 5.74) is 2.10. The minimum Gasteiger partial charge on any atom is -0.476 e. The molecule has 7 heteroatoms. The van der Waals surface area contributed by atoms with E-state index in [0.717, 1.165) is 62.3 Å². The van der Waals surface area contributed by atoms with Crippen molar-refractivity contribution in [1.29, 1.82) is 0 Å². The van der Waals surface area contributed by atoms with Gasteiger partial charge in [0.2, 0.25) is 0 Å². The molecule has 4 rings (SSSR count). The molecule has 2 aromatic heterocycles. The summed E-state index contributed by atoms with van der Waals surface area (Å²) in [4.78, 5) is 18.4. The number of nitrogens with zero attached hydrogens (tertiary/aromatic N) is 4. The Morgan fingerprint density at radius 3 is 2.75 bits per heavy atom. The molecule has 0 bridgehead atoms. The first-order chi connectivity index (χ1) is 13.5. The van der Waals surface area contributed by atoms with Gasteiger partial charge in [0.15, 0.2) is 5.69 Å². The standard InChI is InChI=1S/C21H28N4O3/c1-2-11-25-17-7-6-15(14-16(17)19(23-25)20(26)27)24-12-8-21(28,9-13-24)18-5-3-4-10-22-18/h3-5,10,15,28H,2,6-9,11-14H2,1H3,(H,26,27). The van der Waals surface area contributed by atoms with E-state index in [1.54, 1.807) is 6.20 Å². The van der Waals surface area contributed by atoms with Gasteiger partial charge in [-0.2, -0.15) is 5.10 Å². The molecule has 1 aliphatic carbocycles. The van der Waals surface area contributed by atoms with E-state index in [4.69, 9.17) is 0 Å². The minimum atomic E-state index is -0.935. The first-order valence-corrected chi connectivity index (χ1v) is 10.2. The monoisotopic (exact) mass is 384 g/mol. The van der Waals surface area contributed by atoms with Crippen LogP contribution in [0.3, 0.4) is 0 Å². The molecule has 2 aromatic rings. The number of aromatic carboxylic acids is 1. The van der Waals surface area contributed by atoms with Crippen molar-refractivity contribution >= 4 is 5.97 Å². The molecule has 150 valence electrons. The molecular formula is C21H28N4O3. The Labute approximate surface area is 165 Å². The molecule has 1 aliphatic heterocycles. The SMILES string of the molecule is CCCn1nc(C(=O)O)c2c1CCC(N1CCC(O)(c3ccccn3)CC1)C2. The van der Waals surface area contributed by atoms with Gasteiger partial charge in [-0.3, -0.25) is 14.6 Å². The molecule has 28 heavy (non-hydrogen) atoms. The quantitative estimate of drug-likeness (QED) is 0.821. The van der Waals surface area contributed by atoms with Crippen molar-refractivity contribution in [3.63, 3.8) is 0 Å². The fraction of sp³-hybridized carbons (Fsp3) is 0.571. The van der Waals surface area contributed by atoms with Gasteiger partial charge >= 0.3 is 5.97 Å². The largest absolute Gasteiger partial charge is 0.476 e. The number of hydrogen-bond donors (Lipinski definition) is 2. The number of aryl methyl sites for hydroxylation is 1. The Hall–Kier alpha value is -2.25. The minimum absolute atomic E-state index is 0.218. The lowest BCUT2D eigenvalue weighted by Crippen LogP contribution is -2.49. The summed E-state index contributed by atoms with van der Waals surface area (Å²) in [6.45, 7) is 4.43. The zero-order chi connectivity index (χ0) is 19.7. The topological polar surface area (TPSA) is 91.5 Å². The number of hydrogen-bond acceptors (Lipinski definition) is 5. The lowest BCUT2D eigenvalue weighted by molar-refractivity contribution is -0.0401. The van der Waals surface area contributed by atoms with Gasteiger partial charge in [0.1, 0.15) is 5.60 Å². The third-order valence-corrected chi connectivity index (χ3v) is 6.24. The van der Waals surface area contributed by atoms with Crippen LogP contribution in [-0.2, 0) is 25.0 Å². The molecule has 1 atom stereocenters. The van der Waals surface area contributed by atoms with Crippen molar-refractivity contribution in [2.24, 2.45) is 0 Å². The summed E-state index contributed by atoms with van der Waals surface area (Å²) in [6.07, 6.45) is 6.55. The number of carboxylic acids is 1. The van der Waals surface area contributed by atoms with E-state index in [9.17, 15) is 15.0 Å². The normalized spacial score (nSPS) is 22.0. The predicted octanol–water partition coefficient (Wildman–Crippen LogP) is 2.23. The van der Waals surface area contributed by atoms with Crippen LogP contribution in [0.2, 0.25) is 0 Å². The molecule has 3 heterocycles. The highest BCUT2D eigenvalue weighted by atomic mass is 16.4. The molecule has 1 saturated heterocycles. The number of rotatable bonds is 5. The molecule has 2 N–H and O–H groups in total. The maximum Gasteiger partial charge on any atom is 0.356 e. The zero-order valence-corrected chi connectivity index (χ0v) is 16.3. The summed E-state index contributed by atoms with van der Waals surface area (Å²) in [7, 11) is 0. The van der Waals surface area contributed by atoms with E-state index in [1.807, 2.05) is 22.9 Å². The summed E-state index contributed by atoms with van der Waals surface area (Å²) >= 11 is 0. The fourth-order valence-corrected chi connectivity index (χ4v) is 4.70. The van der Waals surface area contributed by atoms with Crippen LogP contribution in [0.5, 0.6) is 0 Å². The number of aromatic nitrogens is 3. The molecule has 1 unspecified atom stereocenters. The molecule has 0 saturated carbocycles. The van der Waals surface area contributed by atoms with Crippen molar-refractivity contribution in [3.05, 3.63) is 47.0 Å². The maximum absolute atomic E-state index is 11.7. The van der Waals surface area contributed by atoms with E-state index < -0.39 is 11.6 Å². The number of likely N-dealkylation sites (tertiary alicyclic amines) is 1. The predicted molar refractivity (Wildman–Crippen MR) is 104 cm³/mol. The number of piperidine rings is 1. The molecule has 2 aliphatic rings. The van der Waals surface area contributed by atoms with E-state index >= 15 is 0 Å². The van der Waals surface area contributed by atoms with Crippen LogP contribution in [-0.4, -0.2) is 55.0 Å². The van der Waals surface area contributed by atoms with Gasteiger partial charge in [0.25, 0.3) is 0 Å². The molecule has 0 spiro atoms. The Balaban J connectivity index is 1.48. The van der Waals surface area contributed by atoms with Gasteiger partial charge in [0, 0.05) is 43.1 Å². The van der Waals surface area contributed by atoms with E-state index in [0.29, 0.717) is 18.9 Å². The van der Waals surface area contributed by atoms with Crippen LogP contribution < -0.4 is 0 Å². The van der Waals surface area contributed by atoms with Gasteiger partial charge in [-0.15, -0.1) is 0 Å². The maximum atomic E-state index is 11.7. The van der Waals surface area contributed by atoms with Crippen LogP contribution in [0.4, 0.5) is 0 Å². The average Bonchev–Trinajstić information content (AvgIpc) is 3.08. The third kappa shape index (κ3) is 3.44. The van der Waals surface area contributed by atoms with Crippen molar-refractivity contribution in [1.82, 2.24) is 19.7 Å². The highest BCUT2D eigenvalue weighted by Gasteiger charge is 2.39. The summed E-state index contributed by atoms with van der Waals surface area (Å²) < 4.78 is 1.89.